The van der Waals surface area contributed by atoms with E-state index in [1.807, 2.05) is 52.0 Å². The van der Waals surface area contributed by atoms with Crippen molar-refractivity contribution in [1.29, 1.82) is 0 Å². The zero-order valence-corrected chi connectivity index (χ0v) is 20.2. The van der Waals surface area contributed by atoms with Crippen molar-refractivity contribution in [3.8, 4) is 17.4 Å². The zero-order chi connectivity index (χ0) is 24.0. The normalized spacial score (nSPS) is 19.1. The van der Waals surface area contributed by atoms with Gasteiger partial charge in [0.05, 0.1) is 25.3 Å². The summed E-state index contributed by atoms with van der Waals surface area (Å²) in [6.07, 6.45) is 3.38. The van der Waals surface area contributed by atoms with Gasteiger partial charge in [-0.25, -0.2) is 9.97 Å². The molecule has 0 radical (unpaired) electrons. The van der Waals surface area contributed by atoms with Crippen LogP contribution in [0.1, 0.15) is 53.9 Å². The van der Waals surface area contributed by atoms with Crippen molar-refractivity contribution in [2.45, 2.75) is 46.5 Å². The Kier molecular flexibility index (Phi) is 5.59. The molecule has 1 N–H and O–H groups in total. The Labute approximate surface area is 199 Å². The van der Waals surface area contributed by atoms with E-state index < -0.39 is 0 Å². The Morgan fingerprint density at radius 2 is 1.85 bits per heavy atom. The summed E-state index contributed by atoms with van der Waals surface area (Å²) in [5.41, 5.74) is 5.45. The number of aromatic nitrogens is 4. The van der Waals surface area contributed by atoms with Gasteiger partial charge in [0.1, 0.15) is 11.6 Å². The Bertz CT molecular complexity index is 1290. The van der Waals surface area contributed by atoms with Crippen LogP contribution in [0.4, 0.5) is 5.82 Å². The first-order valence-corrected chi connectivity index (χ1v) is 11.6. The number of rotatable bonds is 5. The van der Waals surface area contributed by atoms with Crippen molar-refractivity contribution >= 4 is 11.6 Å². The number of ketones is 1. The van der Waals surface area contributed by atoms with Crippen molar-refractivity contribution in [3.05, 3.63) is 64.2 Å². The Hall–Kier alpha value is -3.68. The molecule has 8 nitrogen and oxygen atoms in total. The fraction of sp³-hybridized carbons (Fsp3) is 0.385. The Morgan fingerprint density at radius 3 is 2.56 bits per heavy atom. The number of ether oxygens (including phenoxy) is 2. The van der Waals surface area contributed by atoms with Crippen LogP contribution in [0, 0.1) is 26.7 Å². The van der Waals surface area contributed by atoms with Gasteiger partial charge >= 0.3 is 0 Å². The largest absolute Gasteiger partial charge is 0.493 e. The number of nitrogens with one attached hydrogen (secondary N) is 1. The molecule has 3 aromatic rings. The van der Waals surface area contributed by atoms with E-state index in [1.165, 1.54) is 0 Å². The second-order valence-corrected chi connectivity index (χ2v) is 8.80. The predicted octanol–water partition coefficient (Wildman–Crippen LogP) is 4.42. The number of nitrogens with zero attached hydrogens (tertiary/aromatic N) is 4. The molecular weight excluding hydrogens is 430 g/mol. The molecule has 2 aromatic heterocycles. The summed E-state index contributed by atoms with van der Waals surface area (Å²) >= 11 is 0. The first-order chi connectivity index (χ1) is 16.4. The molecule has 1 aliphatic carbocycles. The van der Waals surface area contributed by atoms with E-state index in [4.69, 9.17) is 14.6 Å². The smallest absolute Gasteiger partial charge is 0.252 e. The summed E-state index contributed by atoms with van der Waals surface area (Å²) in [7, 11) is 1.63. The average molecular weight is 460 g/mol. The van der Waals surface area contributed by atoms with E-state index in [0.717, 1.165) is 46.1 Å². The molecule has 1 aromatic carbocycles. The van der Waals surface area contributed by atoms with Gasteiger partial charge in [0.15, 0.2) is 11.5 Å². The summed E-state index contributed by atoms with van der Waals surface area (Å²) in [5.74, 6) is 2.36. The maximum absolute atomic E-state index is 13.2. The van der Waals surface area contributed by atoms with Gasteiger partial charge < -0.3 is 14.8 Å². The van der Waals surface area contributed by atoms with Crippen molar-refractivity contribution < 1.29 is 14.3 Å². The van der Waals surface area contributed by atoms with Crippen LogP contribution in [0.3, 0.4) is 0 Å². The van der Waals surface area contributed by atoms with Crippen LogP contribution in [0.25, 0.3) is 5.95 Å². The average Bonchev–Trinajstić information content (AvgIpc) is 3.14. The van der Waals surface area contributed by atoms with Gasteiger partial charge in [-0.1, -0.05) is 12.1 Å². The van der Waals surface area contributed by atoms with Crippen LogP contribution in [0.2, 0.25) is 0 Å². The number of aryl methyl sites for hydroxylation is 3. The van der Waals surface area contributed by atoms with Gasteiger partial charge in [0, 0.05) is 35.0 Å². The number of carbonyl (C=O) groups excluding carboxylic acids is 1. The van der Waals surface area contributed by atoms with Crippen LogP contribution >= 0.6 is 0 Å². The summed E-state index contributed by atoms with van der Waals surface area (Å²) < 4.78 is 13.1. The van der Waals surface area contributed by atoms with E-state index in [-0.39, 0.29) is 17.6 Å². The maximum Gasteiger partial charge on any atom is 0.252 e. The molecule has 1 aliphatic heterocycles. The van der Waals surface area contributed by atoms with E-state index >= 15 is 0 Å². The lowest BCUT2D eigenvalue weighted by atomic mass is 9.71. The minimum atomic E-state index is -0.305. The van der Waals surface area contributed by atoms with Gasteiger partial charge in [0.2, 0.25) is 0 Å². The second kappa shape index (κ2) is 8.59. The molecule has 0 saturated carbocycles. The number of anilines is 1. The quantitative estimate of drug-likeness (QED) is 0.604. The number of hydrogen-bond donors (Lipinski definition) is 1. The number of benzene rings is 1. The van der Waals surface area contributed by atoms with Gasteiger partial charge in [-0.3, -0.25) is 4.79 Å². The molecular formula is C26H29N5O3. The number of allylic oxidation sites excluding steroid dienone is 2. The second-order valence-electron chi connectivity index (χ2n) is 8.80. The van der Waals surface area contributed by atoms with E-state index in [2.05, 4.69) is 21.4 Å². The number of methoxy groups -OCH3 is 1. The minimum absolute atomic E-state index is 0.209. The lowest BCUT2D eigenvalue weighted by Gasteiger charge is -2.36. The first kappa shape index (κ1) is 22.1. The van der Waals surface area contributed by atoms with Gasteiger partial charge in [0.25, 0.3) is 5.95 Å². The Balaban J connectivity index is 1.72. The highest BCUT2D eigenvalue weighted by Gasteiger charge is 2.43. The van der Waals surface area contributed by atoms with Crippen molar-refractivity contribution in [2.24, 2.45) is 5.92 Å². The third-order valence-electron chi connectivity index (χ3n) is 6.46. The summed E-state index contributed by atoms with van der Waals surface area (Å²) in [5, 5.41) is 8.35. The highest BCUT2D eigenvalue weighted by Crippen LogP contribution is 2.49. The molecule has 176 valence electrons. The molecule has 3 heterocycles. The van der Waals surface area contributed by atoms with Crippen LogP contribution in [0.15, 0.2) is 36.0 Å². The highest BCUT2D eigenvalue weighted by molar-refractivity contribution is 5.89. The lowest BCUT2D eigenvalue weighted by molar-refractivity contribution is -0.122. The number of fused-ring (bicyclic) bond motifs is 2. The molecule has 0 amide bonds. The summed E-state index contributed by atoms with van der Waals surface area (Å²) in [6, 6.07) is 7.86. The fourth-order valence-corrected chi connectivity index (χ4v) is 5.11. The third kappa shape index (κ3) is 3.63. The predicted molar refractivity (Wildman–Crippen MR) is 129 cm³/mol. The van der Waals surface area contributed by atoms with Crippen molar-refractivity contribution in [2.75, 3.05) is 19.0 Å². The SMILES string of the molecule is CCOc1ccc([C@H]2c3c(C)nn(-c4nc(C)cc(C)n4)c3NC3=CCCC(=O)[C@@H]32)cc1OC. The van der Waals surface area contributed by atoms with E-state index in [9.17, 15) is 4.79 Å². The van der Waals surface area contributed by atoms with Crippen molar-refractivity contribution in [3.63, 3.8) is 0 Å². The van der Waals surface area contributed by atoms with Crippen LogP contribution in [-0.4, -0.2) is 39.2 Å². The molecule has 0 unspecified atom stereocenters. The minimum Gasteiger partial charge on any atom is -0.493 e. The standard InChI is InChI=1S/C26H29N5O3/c1-6-34-20-11-10-17(13-21(20)33-5)23-22-16(4)30-31(26-27-14(2)12-15(3)28-26)25(22)29-18-8-7-9-19(32)24(18)23/h8,10-13,23-24,29H,6-7,9H2,1-5H3/t23-,24+/m0/s1. The van der Waals surface area contributed by atoms with Crippen LogP contribution in [-0.2, 0) is 4.79 Å². The van der Waals surface area contributed by atoms with E-state index in [1.54, 1.807) is 11.8 Å². The summed E-state index contributed by atoms with van der Waals surface area (Å²) in [6.45, 7) is 8.35. The maximum atomic E-state index is 13.2. The molecule has 0 fully saturated rings. The highest BCUT2D eigenvalue weighted by atomic mass is 16.5. The van der Waals surface area contributed by atoms with Gasteiger partial charge in [-0.15, -0.1) is 0 Å². The zero-order valence-electron chi connectivity index (χ0n) is 20.2. The molecule has 2 atom stereocenters. The third-order valence-corrected chi connectivity index (χ3v) is 6.46. The fourth-order valence-electron chi connectivity index (χ4n) is 5.11. The van der Waals surface area contributed by atoms with Crippen molar-refractivity contribution in [1.82, 2.24) is 19.7 Å². The molecule has 0 saturated heterocycles. The molecule has 8 heteroatoms. The molecule has 2 aliphatic rings. The molecule has 0 spiro atoms. The van der Waals surface area contributed by atoms with Crippen LogP contribution < -0.4 is 14.8 Å². The number of hydrogen-bond acceptors (Lipinski definition) is 7. The molecule has 34 heavy (non-hydrogen) atoms. The van der Waals surface area contributed by atoms with Crippen LogP contribution in [0.5, 0.6) is 11.5 Å². The van der Waals surface area contributed by atoms with Gasteiger partial charge in [-0.05, 0) is 57.9 Å². The molecule has 5 rings (SSSR count). The number of carbonyl (C=O) groups is 1. The van der Waals surface area contributed by atoms with E-state index in [0.29, 0.717) is 30.5 Å². The molecule has 0 bridgehead atoms. The number of Topliss-reactive ketones (excluding diaryl/α,β-unsaturated/α-hetero) is 1. The summed E-state index contributed by atoms with van der Waals surface area (Å²) in [4.78, 5) is 22.5. The first-order valence-electron chi connectivity index (χ1n) is 11.6. The Morgan fingerprint density at radius 1 is 1.09 bits per heavy atom. The van der Waals surface area contributed by atoms with Gasteiger partial charge in [-0.2, -0.15) is 9.78 Å². The monoisotopic (exact) mass is 459 g/mol. The lowest BCUT2D eigenvalue weighted by Crippen LogP contribution is -2.35. The topological polar surface area (TPSA) is 91.2 Å².